The molecule has 0 saturated carbocycles. The number of carboxylic acids is 1. The van der Waals surface area contributed by atoms with Crippen LogP contribution in [0.3, 0.4) is 0 Å². The van der Waals surface area contributed by atoms with Gasteiger partial charge in [0.2, 0.25) is 0 Å². The van der Waals surface area contributed by atoms with Crippen LogP contribution < -0.4 is 10.6 Å². The summed E-state index contributed by atoms with van der Waals surface area (Å²) in [6.07, 6.45) is 3.81. The van der Waals surface area contributed by atoms with Crippen molar-refractivity contribution in [1.29, 1.82) is 0 Å². The zero-order valence-corrected chi connectivity index (χ0v) is 10.7. The van der Waals surface area contributed by atoms with Crippen molar-refractivity contribution in [1.82, 2.24) is 15.6 Å². The summed E-state index contributed by atoms with van der Waals surface area (Å²) >= 11 is 0. The third-order valence-corrected chi connectivity index (χ3v) is 2.39. The maximum Gasteiger partial charge on any atom is 0.335 e. The maximum absolute atomic E-state index is 11.5. The third kappa shape index (κ3) is 5.20. The molecule has 0 aliphatic carbocycles. The van der Waals surface area contributed by atoms with E-state index in [0.717, 1.165) is 0 Å². The number of urea groups is 1. The van der Waals surface area contributed by atoms with Gasteiger partial charge in [0, 0.05) is 12.2 Å². The van der Waals surface area contributed by atoms with Crippen molar-refractivity contribution in [2.24, 2.45) is 0 Å². The number of amides is 2. The van der Waals surface area contributed by atoms with Crippen LogP contribution in [0.1, 0.15) is 29.4 Å². The van der Waals surface area contributed by atoms with E-state index in [1.807, 2.05) is 6.92 Å². The number of aromatic carboxylic acids is 1. The van der Waals surface area contributed by atoms with Crippen LogP contribution in [0.25, 0.3) is 0 Å². The van der Waals surface area contributed by atoms with E-state index < -0.39 is 5.97 Å². The molecular formula is C13H17N3O3. The highest BCUT2D eigenvalue weighted by molar-refractivity contribution is 5.87. The fourth-order valence-electron chi connectivity index (χ4n) is 1.46. The first-order valence-electron chi connectivity index (χ1n) is 5.86. The lowest BCUT2D eigenvalue weighted by Gasteiger charge is -2.12. The molecule has 19 heavy (non-hydrogen) atoms. The van der Waals surface area contributed by atoms with Gasteiger partial charge in [-0.2, -0.15) is 0 Å². The number of hydrogen-bond donors (Lipinski definition) is 3. The number of carboxylic acid groups (broad SMARTS) is 1. The second-order valence-corrected chi connectivity index (χ2v) is 4.09. The summed E-state index contributed by atoms with van der Waals surface area (Å²) in [6, 6.07) is 2.50. The number of pyridine rings is 1. The largest absolute Gasteiger partial charge is 0.478 e. The Morgan fingerprint density at radius 2 is 2.32 bits per heavy atom. The van der Waals surface area contributed by atoms with Crippen molar-refractivity contribution < 1.29 is 14.7 Å². The second-order valence-electron chi connectivity index (χ2n) is 4.09. The minimum absolute atomic E-state index is 0.00388. The predicted molar refractivity (Wildman–Crippen MR) is 70.8 cm³/mol. The topological polar surface area (TPSA) is 91.3 Å². The van der Waals surface area contributed by atoms with Crippen molar-refractivity contribution in [2.75, 3.05) is 0 Å². The third-order valence-electron chi connectivity index (χ3n) is 2.39. The molecule has 1 heterocycles. The summed E-state index contributed by atoms with van der Waals surface area (Å²) in [5, 5.41) is 14.2. The molecule has 0 aliphatic rings. The molecule has 1 aromatic rings. The monoisotopic (exact) mass is 263 g/mol. The molecule has 0 saturated heterocycles. The normalized spacial score (nSPS) is 11.4. The standard InChI is InChI=1S/C13H17N3O3/c1-3-4-9(2)16-13(19)15-8-11-7-10(12(17)18)5-6-14-11/h3,5-7,9H,1,4,8H2,2H3,(H,17,18)(H2,15,16,19). The Morgan fingerprint density at radius 3 is 2.95 bits per heavy atom. The molecule has 0 aliphatic heterocycles. The summed E-state index contributed by atoms with van der Waals surface area (Å²) in [7, 11) is 0. The van der Waals surface area contributed by atoms with Crippen molar-refractivity contribution in [3.63, 3.8) is 0 Å². The molecule has 102 valence electrons. The molecule has 0 bridgehead atoms. The van der Waals surface area contributed by atoms with Crippen LogP contribution in [-0.4, -0.2) is 28.1 Å². The van der Waals surface area contributed by atoms with Crippen molar-refractivity contribution in [3.05, 3.63) is 42.2 Å². The van der Waals surface area contributed by atoms with E-state index in [4.69, 9.17) is 5.11 Å². The van der Waals surface area contributed by atoms with Crippen LogP contribution in [0.15, 0.2) is 31.0 Å². The summed E-state index contributed by atoms with van der Waals surface area (Å²) in [5.74, 6) is -1.02. The lowest BCUT2D eigenvalue weighted by Crippen LogP contribution is -2.40. The fraction of sp³-hybridized carbons (Fsp3) is 0.308. The van der Waals surface area contributed by atoms with E-state index in [0.29, 0.717) is 12.1 Å². The average Bonchev–Trinajstić information content (AvgIpc) is 2.37. The molecule has 0 spiro atoms. The van der Waals surface area contributed by atoms with E-state index >= 15 is 0 Å². The maximum atomic E-state index is 11.5. The molecule has 6 heteroatoms. The zero-order valence-electron chi connectivity index (χ0n) is 10.7. The van der Waals surface area contributed by atoms with Crippen LogP contribution in [0, 0.1) is 0 Å². The Labute approximate surface area is 111 Å². The van der Waals surface area contributed by atoms with E-state index in [9.17, 15) is 9.59 Å². The summed E-state index contributed by atoms with van der Waals surface area (Å²) in [6.45, 7) is 5.63. The Balaban J connectivity index is 2.48. The molecule has 2 amide bonds. The minimum Gasteiger partial charge on any atom is -0.478 e. The van der Waals surface area contributed by atoms with Crippen LogP contribution >= 0.6 is 0 Å². The van der Waals surface area contributed by atoms with Gasteiger partial charge in [-0.1, -0.05) is 6.08 Å². The van der Waals surface area contributed by atoms with E-state index in [1.165, 1.54) is 18.3 Å². The number of hydrogen-bond acceptors (Lipinski definition) is 3. The van der Waals surface area contributed by atoms with Gasteiger partial charge >= 0.3 is 12.0 Å². The van der Waals surface area contributed by atoms with Gasteiger partial charge in [0.05, 0.1) is 17.8 Å². The number of nitrogens with one attached hydrogen (secondary N) is 2. The number of carbonyl (C=O) groups is 2. The first-order chi connectivity index (χ1) is 9.02. The highest BCUT2D eigenvalue weighted by Gasteiger charge is 2.07. The van der Waals surface area contributed by atoms with Gasteiger partial charge in [-0.3, -0.25) is 4.98 Å². The molecule has 0 fully saturated rings. The molecule has 6 nitrogen and oxygen atoms in total. The molecule has 0 aromatic carbocycles. The smallest absolute Gasteiger partial charge is 0.335 e. The average molecular weight is 263 g/mol. The number of rotatable bonds is 6. The number of carbonyl (C=O) groups excluding carboxylic acids is 1. The Hall–Kier alpha value is -2.37. The van der Waals surface area contributed by atoms with Gasteiger partial charge in [0.25, 0.3) is 0 Å². The van der Waals surface area contributed by atoms with Crippen LogP contribution in [0.4, 0.5) is 4.79 Å². The van der Waals surface area contributed by atoms with Crippen LogP contribution in [0.5, 0.6) is 0 Å². The second kappa shape index (κ2) is 7.15. The predicted octanol–water partition coefficient (Wildman–Crippen LogP) is 1.54. The fourth-order valence-corrected chi connectivity index (χ4v) is 1.46. The Bertz CT molecular complexity index is 474. The molecule has 1 atom stereocenters. The lowest BCUT2D eigenvalue weighted by molar-refractivity contribution is 0.0696. The molecule has 1 unspecified atom stereocenters. The van der Waals surface area contributed by atoms with E-state index in [-0.39, 0.29) is 24.2 Å². The van der Waals surface area contributed by atoms with Gasteiger partial charge < -0.3 is 15.7 Å². The molecule has 3 N–H and O–H groups in total. The molecule has 1 aromatic heterocycles. The highest BCUT2D eigenvalue weighted by atomic mass is 16.4. The van der Waals surface area contributed by atoms with Crippen molar-refractivity contribution in [2.45, 2.75) is 25.9 Å². The Morgan fingerprint density at radius 1 is 1.58 bits per heavy atom. The van der Waals surface area contributed by atoms with Crippen molar-refractivity contribution in [3.8, 4) is 0 Å². The summed E-state index contributed by atoms with van der Waals surface area (Å²) < 4.78 is 0. The lowest BCUT2D eigenvalue weighted by atomic mass is 10.2. The first kappa shape index (κ1) is 14.7. The van der Waals surface area contributed by atoms with Crippen molar-refractivity contribution >= 4 is 12.0 Å². The summed E-state index contributed by atoms with van der Waals surface area (Å²) in [4.78, 5) is 26.3. The molecule has 0 radical (unpaired) electrons. The quantitative estimate of drug-likeness (QED) is 0.679. The van der Waals surface area contributed by atoms with Gasteiger partial charge in [-0.15, -0.1) is 6.58 Å². The SMILES string of the molecule is C=CCC(C)NC(=O)NCc1cc(C(=O)O)ccn1. The molecule has 1 rings (SSSR count). The van der Waals surface area contributed by atoms with Gasteiger partial charge in [0.1, 0.15) is 0 Å². The molecular weight excluding hydrogens is 246 g/mol. The zero-order chi connectivity index (χ0) is 14.3. The number of aromatic nitrogens is 1. The summed E-state index contributed by atoms with van der Waals surface area (Å²) in [5.41, 5.74) is 0.638. The van der Waals surface area contributed by atoms with Gasteiger partial charge in [-0.25, -0.2) is 9.59 Å². The van der Waals surface area contributed by atoms with Gasteiger partial charge in [-0.05, 0) is 25.5 Å². The number of nitrogens with zero attached hydrogens (tertiary/aromatic N) is 1. The first-order valence-corrected chi connectivity index (χ1v) is 5.86. The highest BCUT2D eigenvalue weighted by Crippen LogP contribution is 2.01. The van der Waals surface area contributed by atoms with E-state index in [2.05, 4.69) is 22.2 Å². The van der Waals surface area contributed by atoms with E-state index in [1.54, 1.807) is 6.08 Å². The van der Waals surface area contributed by atoms with Gasteiger partial charge in [0.15, 0.2) is 0 Å². The Kier molecular flexibility index (Phi) is 5.53. The van der Waals surface area contributed by atoms with Crippen LogP contribution in [0.2, 0.25) is 0 Å². The van der Waals surface area contributed by atoms with Crippen LogP contribution in [-0.2, 0) is 6.54 Å². The minimum atomic E-state index is -1.02.